The fourth-order valence-electron chi connectivity index (χ4n) is 4.44. The average Bonchev–Trinajstić information content (AvgIpc) is 2.75. The maximum atomic E-state index is 5.55. The molecule has 1 unspecified atom stereocenters. The number of hydrogen-bond donors (Lipinski definition) is 0. The molecule has 0 amide bonds. The fourth-order valence-corrected chi connectivity index (χ4v) is 4.44. The zero-order valence-electron chi connectivity index (χ0n) is 16.3. The Morgan fingerprint density at radius 1 is 1.04 bits per heavy atom. The third kappa shape index (κ3) is 4.42. The number of likely N-dealkylation sites (tertiary alicyclic amines) is 1. The molecule has 0 N–H and O–H groups in total. The van der Waals surface area contributed by atoms with E-state index in [4.69, 9.17) is 4.74 Å². The molecule has 2 saturated heterocycles. The van der Waals surface area contributed by atoms with Gasteiger partial charge in [-0.25, -0.2) is 0 Å². The molecule has 1 aromatic carbocycles. The molecule has 0 aliphatic carbocycles. The van der Waals surface area contributed by atoms with Gasteiger partial charge in [0, 0.05) is 57.7 Å². The maximum Gasteiger partial charge on any atom is 0.142 e. The Morgan fingerprint density at radius 2 is 1.89 bits per heavy atom. The maximum absolute atomic E-state index is 5.55. The molecule has 0 radical (unpaired) electrons. The third-order valence-corrected chi connectivity index (χ3v) is 5.87. The standard InChI is InChI=1S/C22H30N4O/c1-27-22-9-3-2-8-21(22)26-14-12-25(13-15-26)20-7-5-11-24(18-20)17-19-6-4-10-23-16-19/h2-4,6,8-10,16,20H,5,7,11-15,17-18H2,1H3. The minimum Gasteiger partial charge on any atom is -0.495 e. The highest BCUT2D eigenvalue weighted by atomic mass is 16.5. The molecule has 5 nitrogen and oxygen atoms in total. The van der Waals surface area contributed by atoms with Crippen LogP contribution in [0.1, 0.15) is 18.4 Å². The van der Waals surface area contributed by atoms with Gasteiger partial charge in [-0.2, -0.15) is 0 Å². The van der Waals surface area contributed by atoms with Gasteiger partial charge >= 0.3 is 0 Å². The first-order valence-corrected chi connectivity index (χ1v) is 10.1. The van der Waals surface area contributed by atoms with Crippen molar-refractivity contribution in [1.82, 2.24) is 14.8 Å². The van der Waals surface area contributed by atoms with E-state index in [1.807, 2.05) is 24.5 Å². The first-order valence-electron chi connectivity index (χ1n) is 10.1. The lowest BCUT2D eigenvalue weighted by molar-refractivity contribution is 0.0886. The van der Waals surface area contributed by atoms with Crippen LogP contribution >= 0.6 is 0 Å². The number of rotatable bonds is 5. The molecule has 144 valence electrons. The monoisotopic (exact) mass is 366 g/mol. The van der Waals surface area contributed by atoms with Crippen LogP contribution in [0.3, 0.4) is 0 Å². The van der Waals surface area contributed by atoms with E-state index in [2.05, 4.69) is 43.9 Å². The second kappa shape index (κ2) is 8.72. The number of piperidine rings is 1. The normalized spacial score (nSPS) is 22.0. The Morgan fingerprint density at radius 3 is 2.67 bits per heavy atom. The van der Waals surface area contributed by atoms with Crippen molar-refractivity contribution in [3.63, 3.8) is 0 Å². The molecule has 2 aromatic rings. The highest BCUT2D eigenvalue weighted by Crippen LogP contribution is 2.29. The smallest absolute Gasteiger partial charge is 0.142 e. The van der Waals surface area contributed by atoms with Crippen molar-refractivity contribution >= 4 is 5.69 Å². The van der Waals surface area contributed by atoms with Crippen molar-refractivity contribution in [2.45, 2.75) is 25.4 Å². The summed E-state index contributed by atoms with van der Waals surface area (Å²) >= 11 is 0. The summed E-state index contributed by atoms with van der Waals surface area (Å²) in [6.07, 6.45) is 6.45. The summed E-state index contributed by atoms with van der Waals surface area (Å²) in [4.78, 5) is 12.0. The summed E-state index contributed by atoms with van der Waals surface area (Å²) in [5, 5.41) is 0. The van der Waals surface area contributed by atoms with E-state index >= 15 is 0 Å². The van der Waals surface area contributed by atoms with Gasteiger partial charge in [0.05, 0.1) is 12.8 Å². The lowest BCUT2D eigenvalue weighted by Crippen LogP contribution is -2.55. The molecule has 1 aromatic heterocycles. The van der Waals surface area contributed by atoms with Gasteiger partial charge in [-0.05, 0) is 43.1 Å². The zero-order chi connectivity index (χ0) is 18.5. The predicted molar refractivity (Wildman–Crippen MR) is 109 cm³/mol. The molecule has 2 aliphatic heterocycles. The Bertz CT molecular complexity index is 715. The number of anilines is 1. The number of pyridine rings is 1. The van der Waals surface area contributed by atoms with Crippen LogP contribution in [0, 0.1) is 0 Å². The van der Waals surface area contributed by atoms with Gasteiger partial charge in [0.1, 0.15) is 5.75 Å². The van der Waals surface area contributed by atoms with Crippen LogP contribution < -0.4 is 9.64 Å². The predicted octanol–water partition coefficient (Wildman–Crippen LogP) is 2.88. The minimum atomic E-state index is 0.676. The first kappa shape index (κ1) is 18.3. The molecule has 2 fully saturated rings. The number of piperazine rings is 1. The minimum absolute atomic E-state index is 0.676. The highest BCUT2D eigenvalue weighted by Gasteiger charge is 2.28. The van der Waals surface area contributed by atoms with E-state index in [-0.39, 0.29) is 0 Å². The van der Waals surface area contributed by atoms with Crippen LogP contribution in [0.25, 0.3) is 0 Å². The van der Waals surface area contributed by atoms with Gasteiger partial charge in [-0.1, -0.05) is 18.2 Å². The van der Waals surface area contributed by atoms with Gasteiger partial charge in [0.15, 0.2) is 0 Å². The SMILES string of the molecule is COc1ccccc1N1CCN(C2CCCN(Cc3cccnc3)C2)CC1. The van der Waals surface area contributed by atoms with E-state index in [1.165, 1.54) is 37.2 Å². The van der Waals surface area contributed by atoms with Gasteiger partial charge in [-0.15, -0.1) is 0 Å². The number of methoxy groups -OCH3 is 1. The number of hydrogen-bond acceptors (Lipinski definition) is 5. The first-order chi connectivity index (χ1) is 13.3. The average molecular weight is 367 g/mol. The molecule has 4 rings (SSSR count). The molecule has 5 heteroatoms. The van der Waals surface area contributed by atoms with Gasteiger partial charge < -0.3 is 9.64 Å². The van der Waals surface area contributed by atoms with Crippen LogP contribution in [0.2, 0.25) is 0 Å². The Balaban J connectivity index is 1.32. The Hall–Kier alpha value is -2.11. The van der Waals surface area contributed by atoms with E-state index < -0.39 is 0 Å². The van der Waals surface area contributed by atoms with Gasteiger partial charge in [-0.3, -0.25) is 14.8 Å². The second-order valence-electron chi connectivity index (χ2n) is 7.59. The summed E-state index contributed by atoms with van der Waals surface area (Å²) in [7, 11) is 1.76. The molecule has 1 atom stereocenters. The summed E-state index contributed by atoms with van der Waals surface area (Å²) in [5.74, 6) is 0.978. The van der Waals surface area contributed by atoms with Crippen LogP contribution in [0.5, 0.6) is 5.75 Å². The Labute approximate surface area is 162 Å². The lowest BCUT2D eigenvalue weighted by atomic mass is 10.0. The van der Waals surface area contributed by atoms with E-state index in [1.54, 1.807) is 7.11 Å². The molecule has 0 spiro atoms. The van der Waals surface area contributed by atoms with Crippen molar-refractivity contribution in [1.29, 1.82) is 0 Å². The van der Waals surface area contributed by atoms with Crippen LogP contribution in [0.15, 0.2) is 48.8 Å². The van der Waals surface area contributed by atoms with E-state index in [0.717, 1.165) is 38.5 Å². The second-order valence-corrected chi connectivity index (χ2v) is 7.59. The summed E-state index contributed by atoms with van der Waals surface area (Å²) in [5.41, 5.74) is 2.54. The van der Waals surface area contributed by atoms with E-state index in [0.29, 0.717) is 6.04 Å². The molecule has 0 bridgehead atoms. The van der Waals surface area contributed by atoms with Crippen molar-refractivity contribution in [2.24, 2.45) is 0 Å². The molecule has 2 aliphatic rings. The highest BCUT2D eigenvalue weighted by molar-refractivity contribution is 5.58. The van der Waals surface area contributed by atoms with Gasteiger partial charge in [0.2, 0.25) is 0 Å². The molecule has 0 saturated carbocycles. The molecule has 3 heterocycles. The van der Waals surface area contributed by atoms with E-state index in [9.17, 15) is 0 Å². The molecular formula is C22H30N4O. The van der Waals surface area contributed by atoms with Crippen LogP contribution in [0.4, 0.5) is 5.69 Å². The van der Waals surface area contributed by atoms with Crippen LogP contribution in [-0.2, 0) is 6.54 Å². The van der Waals surface area contributed by atoms with Crippen molar-refractivity contribution < 1.29 is 4.74 Å². The fraction of sp³-hybridized carbons (Fsp3) is 0.500. The topological polar surface area (TPSA) is 31.8 Å². The van der Waals surface area contributed by atoms with Crippen molar-refractivity contribution in [3.05, 3.63) is 54.4 Å². The number of ether oxygens (including phenoxy) is 1. The largest absolute Gasteiger partial charge is 0.495 e. The van der Waals surface area contributed by atoms with Crippen molar-refractivity contribution in [2.75, 3.05) is 51.3 Å². The summed E-state index contributed by atoms with van der Waals surface area (Å²) < 4.78 is 5.55. The Kier molecular flexibility index (Phi) is 5.90. The van der Waals surface area contributed by atoms with Crippen LogP contribution in [-0.4, -0.2) is 67.2 Å². The summed E-state index contributed by atoms with van der Waals surface area (Å²) in [6.45, 7) is 7.79. The molecular weight excluding hydrogens is 336 g/mol. The quantitative estimate of drug-likeness (QED) is 0.812. The van der Waals surface area contributed by atoms with Gasteiger partial charge in [0.25, 0.3) is 0 Å². The number of aromatic nitrogens is 1. The lowest BCUT2D eigenvalue weighted by Gasteiger charge is -2.44. The zero-order valence-corrected chi connectivity index (χ0v) is 16.3. The number of benzene rings is 1. The summed E-state index contributed by atoms with van der Waals surface area (Å²) in [6, 6.07) is 13.3. The number of nitrogens with zero attached hydrogens (tertiary/aromatic N) is 4. The number of para-hydroxylation sites is 2. The van der Waals surface area contributed by atoms with Crippen molar-refractivity contribution in [3.8, 4) is 5.75 Å². The molecule has 27 heavy (non-hydrogen) atoms. The third-order valence-electron chi connectivity index (χ3n) is 5.87.